The summed E-state index contributed by atoms with van der Waals surface area (Å²) in [5.74, 6) is 0.811. The van der Waals surface area contributed by atoms with Crippen LogP contribution in [0.4, 0.5) is 5.82 Å². The topological polar surface area (TPSA) is 82.5 Å². The van der Waals surface area contributed by atoms with Crippen LogP contribution in [0.2, 0.25) is 0 Å². The molecule has 2 aliphatic heterocycles. The number of hydrogen-bond acceptors (Lipinski definition) is 5. The molecule has 152 valence electrons. The third-order valence-corrected chi connectivity index (χ3v) is 5.49. The van der Waals surface area contributed by atoms with Crippen molar-refractivity contribution in [3.05, 3.63) is 64.8 Å². The van der Waals surface area contributed by atoms with Crippen molar-refractivity contribution in [3.63, 3.8) is 0 Å². The predicted molar refractivity (Wildman–Crippen MR) is 111 cm³/mol. The highest BCUT2D eigenvalue weighted by Crippen LogP contribution is 2.39. The monoisotopic (exact) mass is 403 g/mol. The van der Waals surface area contributed by atoms with Crippen LogP contribution < -0.4 is 14.8 Å². The zero-order chi connectivity index (χ0) is 20.8. The summed E-state index contributed by atoms with van der Waals surface area (Å²) in [5, 5.41) is 7.56. The smallest absolute Gasteiger partial charge is 0.226 e. The molecule has 0 bridgehead atoms. The van der Waals surface area contributed by atoms with Crippen molar-refractivity contribution in [2.45, 2.75) is 26.2 Å². The Morgan fingerprint density at radius 3 is 2.70 bits per heavy atom. The number of amides is 1. The molecule has 1 aromatic heterocycles. The van der Waals surface area contributed by atoms with E-state index in [1.165, 1.54) is 0 Å². The number of nitrogens with one attached hydrogen (secondary N) is 1. The highest BCUT2D eigenvalue weighted by atomic mass is 16.6. The van der Waals surface area contributed by atoms with Gasteiger partial charge in [-0.1, -0.05) is 12.1 Å². The van der Waals surface area contributed by atoms with Gasteiger partial charge in [-0.15, -0.1) is 0 Å². The second-order valence-corrected chi connectivity index (χ2v) is 7.63. The maximum absolute atomic E-state index is 13.4. The molecule has 2 aromatic carbocycles. The number of aromatic nitrogens is 2. The van der Waals surface area contributed by atoms with Gasteiger partial charge < -0.3 is 14.8 Å². The minimum atomic E-state index is -0.602. The normalized spacial score (nSPS) is 17.3. The van der Waals surface area contributed by atoms with Crippen LogP contribution in [0, 0.1) is 13.8 Å². The molecule has 7 nitrogen and oxygen atoms in total. The molecule has 0 saturated carbocycles. The lowest BCUT2D eigenvalue weighted by Crippen LogP contribution is -2.28. The van der Waals surface area contributed by atoms with Crippen molar-refractivity contribution in [3.8, 4) is 17.2 Å². The maximum Gasteiger partial charge on any atom is 0.226 e. The van der Waals surface area contributed by atoms with Crippen molar-refractivity contribution < 1.29 is 19.1 Å². The van der Waals surface area contributed by atoms with Gasteiger partial charge in [-0.05, 0) is 49.7 Å². The van der Waals surface area contributed by atoms with Gasteiger partial charge in [0.15, 0.2) is 17.3 Å². The summed E-state index contributed by atoms with van der Waals surface area (Å²) in [6, 6.07) is 13.0. The van der Waals surface area contributed by atoms with Crippen LogP contribution in [-0.2, 0) is 4.79 Å². The molecule has 2 aliphatic rings. The standard InChI is InChI=1S/C23H21N3O4/c1-13-4-3-5-16(10-13)26-23-21(14(2)25-26)17(12-20(27)24-23)22(28)15-6-7-18-19(11-15)30-9-8-29-18/h3-7,10-11,17H,8-9,12H2,1-2H3,(H,24,27)/t17-/m1/s1. The molecular formula is C23H21N3O4. The second kappa shape index (κ2) is 7.02. The van der Waals surface area contributed by atoms with E-state index in [0.29, 0.717) is 36.1 Å². The van der Waals surface area contributed by atoms with Crippen molar-refractivity contribution in [1.29, 1.82) is 0 Å². The number of fused-ring (bicyclic) bond motifs is 2. The fourth-order valence-electron chi connectivity index (χ4n) is 4.12. The zero-order valence-electron chi connectivity index (χ0n) is 16.8. The molecule has 3 aromatic rings. The molecule has 5 rings (SSSR count). The van der Waals surface area contributed by atoms with Crippen LogP contribution in [0.3, 0.4) is 0 Å². The van der Waals surface area contributed by atoms with E-state index in [9.17, 15) is 9.59 Å². The Hall–Kier alpha value is -3.61. The third-order valence-electron chi connectivity index (χ3n) is 5.49. The summed E-state index contributed by atoms with van der Waals surface area (Å²) in [4.78, 5) is 25.9. The average molecular weight is 403 g/mol. The lowest BCUT2D eigenvalue weighted by Gasteiger charge is -2.24. The fraction of sp³-hybridized carbons (Fsp3) is 0.261. The van der Waals surface area contributed by atoms with Crippen molar-refractivity contribution in [1.82, 2.24) is 9.78 Å². The number of ketones is 1. The molecule has 7 heteroatoms. The van der Waals surface area contributed by atoms with Gasteiger partial charge >= 0.3 is 0 Å². The molecule has 0 aliphatic carbocycles. The van der Waals surface area contributed by atoms with E-state index in [1.807, 2.05) is 38.1 Å². The van der Waals surface area contributed by atoms with Crippen LogP contribution in [0.1, 0.15) is 39.5 Å². The Morgan fingerprint density at radius 1 is 1.10 bits per heavy atom. The predicted octanol–water partition coefficient (Wildman–Crippen LogP) is 3.57. The van der Waals surface area contributed by atoms with Gasteiger partial charge in [-0.3, -0.25) is 9.59 Å². The van der Waals surface area contributed by atoms with Gasteiger partial charge in [0.2, 0.25) is 5.91 Å². The number of benzene rings is 2. The minimum absolute atomic E-state index is 0.0840. The number of anilines is 1. The number of ether oxygens (including phenoxy) is 2. The number of aryl methyl sites for hydroxylation is 2. The SMILES string of the molecule is Cc1cccc(-n2nc(C)c3c2NC(=O)C[C@H]3C(=O)c2ccc3c(c2)OCCO3)c1. The first kappa shape index (κ1) is 18.4. The van der Waals surface area contributed by atoms with E-state index in [1.54, 1.807) is 22.9 Å². The molecule has 1 amide bonds. The number of hydrogen-bond donors (Lipinski definition) is 1. The van der Waals surface area contributed by atoms with E-state index >= 15 is 0 Å². The molecule has 0 radical (unpaired) electrons. The molecule has 1 N–H and O–H groups in total. The van der Waals surface area contributed by atoms with Crippen molar-refractivity contribution in [2.75, 3.05) is 18.5 Å². The van der Waals surface area contributed by atoms with Gasteiger partial charge in [0.05, 0.1) is 17.3 Å². The van der Waals surface area contributed by atoms with Gasteiger partial charge in [-0.2, -0.15) is 5.10 Å². The first-order valence-corrected chi connectivity index (χ1v) is 9.91. The second-order valence-electron chi connectivity index (χ2n) is 7.63. The molecule has 3 heterocycles. The van der Waals surface area contributed by atoms with E-state index < -0.39 is 5.92 Å². The zero-order valence-corrected chi connectivity index (χ0v) is 16.8. The van der Waals surface area contributed by atoms with Crippen LogP contribution in [0.5, 0.6) is 11.5 Å². The molecule has 30 heavy (non-hydrogen) atoms. The largest absolute Gasteiger partial charge is 0.486 e. The van der Waals surface area contributed by atoms with Crippen molar-refractivity contribution in [2.24, 2.45) is 0 Å². The lowest BCUT2D eigenvalue weighted by atomic mass is 9.85. The van der Waals surface area contributed by atoms with Gasteiger partial charge in [0.25, 0.3) is 0 Å². The number of rotatable bonds is 3. The van der Waals surface area contributed by atoms with Crippen LogP contribution >= 0.6 is 0 Å². The Kier molecular flexibility index (Phi) is 4.31. The van der Waals surface area contributed by atoms with Crippen LogP contribution in [-0.4, -0.2) is 34.7 Å². The number of Topliss-reactive ketones (excluding diaryl/α,β-unsaturated/α-hetero) is 1. The average Bonchev–Trinajstić information content (AvgIpc) is 3.08. The van der Waals surface area contributed by atoms with E-state index in [0.717, 1.165) is 22.5 Å². The number of carbonyl (C=O) groups is 2. The maximum atomic E-state index is 13.4. The molecule has 1 atom stereocenters. The Labute approximate surface area is 173 Å². The Morgan fingerprint density at radius 2 is 1.90 bits per heavy atom. The van der Waals surface area contributed by atoms with E-state index in [4.69, 9.17) is 9.47 Å². The summed E-state index contributed by atoms with van der Waals surface area (Å²) < 4.78 is 12.9. The fourth-order valence-corrected chi connectivity index (χ4v) is 4.12. The summed E-state index contributed by atoms with van der Waals surface area (Å²) in [6.07, 6.45) is 0.0840. The molecule has 0 spiro atoms. The van der Waals surface area contributed by atoms with E-state index in [-0.39, 0.29) is 18.1 Å². The van der Waals surface area contributed by atoms with Gasteiger partial charge in [0, 0.05) is 17.5 Å². The highest BCUT2D eigenvalue weighted by Gasteiger charge is 2.36. The Balaban J connectivity index is 1.57. The van der Waals surface area contributed by atoms with Crippen LogP contribution in [0.15, 0.2) is 42.5 Å². The van der Waals surface area contributed by atoms with Crippen molar-refractivity contribution >= 4 is 17.5 Å². The highest BCUT2D eigenvalue weighted by molar-refractivity contribution is 6.08. The molecule has 0 fully saturated rings. The first-order valence-electron chi connectivity index (χ1n) is 9.91. The quantitative estimate of drug-likeness (QED) is 0.676. The van der Waals surface area contributed by atoms with Gasteiger partial charge in [0.1, 0.15) is 19.0 Å². The molecule has 0 unspecified atom stereocenters. The first-order chi connectivity index (χ1) is 14.5. The molecular weight excluding hydrogens is 382 g/mol. The van der Waals surface area contributed by atoms with Gasteiger partial charge in [-0.25, -0.2) is 4.68 Å². The lowest BCUT2D eigenvalue weighted by molar-refractivity contribution is -0.116. The minimum Gasteiger partial charge on any atom is -0.486 e. The van der Waals surface area contributed by atoms with E-state index in [2.05, 4.69) is 10.4 Å². The summed E-state index contributed by atoms with van der Waals surface area (Å²) >= 11 is 0. The number of carbonyl (C=O) groups excluding carboxylic acids is 2. The summed E-state index contributed by atoms with van der Waals surface area (Å²) in [7, 11) is 0. The summed E-state index contributed by atoms with van der Waals surface area (Å²) in [6.45, 7) is 4.80. The van der Waals surface area contributed by atoms with Crippen LogP contribution in [0.25, 0.3) is 5.69 Å². The Bertz CT molecular complexity index is 1180. The summed E-state index contributed by atoms with van der Waals surface area (Å²) in [5.41, 5.74) is 3.90. The molecule has 0 saturated heterocycles. The number of nitrogens with zero attached hydrogens (tertiary/aromatic N) is 2. The third kappa shape index (κ3) is 3.03.